The number of alkyl halides is 4. The monoisotopic (exact) mass is 328 g/mol. The third-order valence-corrected chi connectivity index (χ3v) is 2.69. The summed E-state index contributed by atoms with van der Waals surface area (Å²) in [5, 5.41) is 19.8. The summed E-state index contributed by atoms with van der Waals surface area (Å²) in [7, 11) is 0. The van der Waals surface area contributed by atoms with Gasteiger partial charge in [0.2, 0.25) is 0 Å². The van der Waals surface area contributed by atoms with Gasteiger partial charge in [0.25, 0.3) is 0 Å². The fourth-order valence-corrected chi connectivity index (χ4v) is 1.89. The van der Waals surface area contributed by atoms with E-state index in [2.05, 4.69) is 20.7 Å². The van der Waals surface area contributed by atoms with Gasteiger partial charge in [-0.05, 0) is 12.5 Å². The van der Waals surface area contributed by atoms with Gasteiger partial charge in [0.05, 0.1) is 6.10 Å². The molecule has 0 saturated heterocycles. The van der Waals surface area contributed by atoms with E-state index in [4.69, 9.17) is 0 Å². The minimum Gasteiger partial charge on any atom is -0.405 e. The highest BCUT2D eigenvalue weighted by Crippen LogP contribution is 2.32. The first-order chi connectivity index (χ1) is 8.35. The molecule has 0 spiro atoms. The van der Waals surface area contributed by atoms with Crippen LogP contribution in [-0.4, -0.2) is 28.0 Å². The maximum absolute atomic E-state index is 12.2. The highest BCUT2D eigenvalue weighted by molar-refractivity contribution is 9.09. The maximum atomic E-state index is 12.2. The van der Waals surface area contributed by atoms with E-state index in [0.717, 1.165) is 6.07 Å². The average Bonchev–Trinajstić information content (AvgIpc) is 2.27. The van der Waals surface area contributed by atoms with Crippen LogP contribution in [0.2, 0.25) is 0 Å². The Hall–Kier alpha value is -0.790. The van der Waals surface area contributed by atoms with E-state index in [1.807, 2.05) is 0 Å². The minimum atomic E-state index is -4.84. The van der Waals surface area contributed by atoms with E-state index in [9.17, 15) is 23.4 Å². The molecule has 0 aliphatic carbocycles. The Morgan fingerprint density at radius 1 is 1.22 bits per heavy atom. The molecule has 0 heterocycles. The predicted molar refractivity (Wildman–Crippen MR) is 62.5 cm³/mol. The van der Waals surface area contributed by atoms with Crippen molar-refractivity contribution in [2.75, 3.05) is 5.33 Å². The molecule has 0 aliphatic rings. The van der Waals surface area contributed by atoms with Crippen LogP contribution in [0.3, 0.4) is 0 Å². The SMILES string of the molecule is OC(CCBr)C(O)c1ccccc1OC(F)(F)F. The number of aliphatic hydroxyl groups excluding tert-OH is 2. The standard InChI is InChI=1S/C11H12BrF3O3/c12-6-5-8(16)10(17)7-3-1-2-4-9(7)18-11(13,14)15/h1-4,8,10,16-17H,5-6H2. The van der Waals surface area contributed by atoms with Crippen molar-refractivity contribution in [3.05, 3.63) is 29.8 Å². The predicted octanol–water partition coefficient (Wildman–Crippen LogP) is 2.76. The van der Waals surface area contributed by atoms with Gasteiger partial charge in [-0.15, -0.1) is 13.2 Å². The lowest BCUT2D eigenvalue weighted by Crippen LogP contribution is -2.22. The van der Waals surface area contributed by atoms with Gasteiger partial charge in [-0.25, -0.2) is 0 Å². The fraction of sp³-hybridized carbons (Fsp3) is 0.455. The summed E-state index contributed by atoms with van der Waals surface area (Å²) in [6.07, 6.45) is -7.22. The number of aliphatic hydroxyl groups is 2. The third kappa shape index (κ3) is 4.47. The van der Waals surface area contributed by atoms with Crippen molar-refractivity contribution in [2.24, 2.45) is 0 Å². The van der Waals surface area contributed by atoms with Crippen LogP contribution >= 0.6 is 15.9 Å². The Morgan fingerprint density at radius 2 is 1.83 bits per heavy atom. The number of ether oxygens (including phenoxy) is 1. The summed E-state index contributed by atoms with van der Waals surface area (Å²) in [6.45, 7) is 0. The Bertz CT molecular complexity index is 384. The van der Waals surface area contributed by atoms with Crippen molar-refractivity contribution in [2.45, 2.75) is 25.0 Å². The summed E-state index contributed by atoms with van der Waals surface area (Å²) >= 11 is 3.08. The van der Waals surface area contributed by atoms with Gasteiger partial charge in [-0.2, -0.15) is 0 Å². The summed E-state index contributed by atoms with van der Waals surface area (Å²) in [6, 6.07) is 5.19. The van der Waals surface area contributed by atoms with Gasteiger partial charge in [0.1, 0.15) is 11.9 Å². The zero-order valence-electron chi connectivity index (χ0n) is 9.19. The quantitative estimate of drug-likeness (QED) is 0.817. The van der Waals surface area contributed by atoms with Crippen LogP contribution in [0.15, 0.2) is 24.3 Å². The van der Waals surface area contributed by atoms with Crippen LogP contribution < -0.4 is 4.74 Å². The molecule has 7 heteroatoms. The van der Waals surface area contributed by atoms with Crippen LogP contribution in [0, 0.1) is 0 Å². The number of hydrogen-bond acceptors (Lipinski definition) is 3. The molecule has 2 unspecified atom stereocenters. The molecule has 0 bridgehead atoms. The number of benzene rings is 1. The summed E-state index contributed by atoms with van der Waals surface area (Å²) < 4.78 is 40.3. The maximum Gasteiger partial charge on any atom is 0.573 e. The average molecular weight is 329 g/mol. The van der Waals surface area contributed by atoms with Crippen molar-refractivity contribution < 1.29 is 28.1 Å². The molecule has 0 aliphatic heterocycles. The topological polar surface area (TPSA) is 49.7 Å². The molecule has 3 nitrogen and oxygen atoms in total. The first-order valence-corrected chi connectivity index (χ1v) is 6.24. The molecule has 0 amide bonds. The molecule has 0 fully saturated rings. The Morgan fingerprint density at radius 3 is 2.39 bits per heavy atom. The van der Waals surface area contributed by atoms with Crippen molar-refractivity contribution in [1.82, 2.24) is 0 Å². The van der Waals surface area contributed by atoms with Crippen LogP contribution in [0.4, 0.5) is 13.2 Å². The van der Waals surface area contributed by atoms with E-state index in [0.29, 0.717) is 5.33 Å². The van der Waals surface area contributed by atoms with E-state index < -0.39 is 24.3 Å². The van der Waals surface area contributed by atoms with Gasteiger partial charge in [0, 0.05) is 10.9 Å². The van der Waals surface area contributed by atoms with Gasteiger partial charge < -0.3 is 14.9 Å². The van der Waals surface area contributed by atoms with Crippen molar-refractivity contribution in [1.29, 1.82) is 0 Å². The second kappa shape index (κ2) is 6.40. The second-order valence-electron chi connectivity index (χ2n) is 3.58. The van der Waals surface area contributed by atoms with E-state index in [-0.39, 0.29) is 12.0 Å². The van der Waals surface area contributed by atoms with Gasteiger partial charge in [-0.3, -0.25) is 0 Å². The normalized spacial score (nSPS) is 15.2. The lowest BCUT2D eigenvalue weighted by atomic mass is 10.0. The molecule has 1 rings (SSSR count). The van der Waals surface area contributed by atoms with E-state index >= 15 is 0 Å². The molecule has 1 aromatic rings. The molecule has 1 aromatic carbocycles. The molecule has 0 aromatic heterocycles. The Balaban J connectivity index is 2.94. The molecule has 0 radical (unpaired) electrons. The second-order valence-corrected chi connectivity index (χ2v) is 4.37. The third-order valence-electron chi connectivity index (χ3n) is 2.23. The Labute approximate surface area is 110 Å². The summed E-state index contributed by atoms with van der Waals surface area (Å²) in [5.41, 5.74) is -0.0942. The lowest BCUT2D eigenvalue weighted by Gasteiger charge is -2.20. The largest absolute Gasteiger partial charge is 0.573 e. The molecular formula is C11H12BrF3O3. The van der Waals surface area contributed by atoms with Gasteiger partial charge in [-0.1, -0.05) is 34.1 Å². The first-order valence-electron chi connectivity index (χ1n) is 5.12. The molecule has 102 valence electrons. The molecule has 18 heavy (non-hydrogen) atoms. The number of rotatable bonds is 5. The zero-order chi connectivity index (χ0) is 13.8. The molecule has 2 N–H and O–H groups in total. The van der Waals surface area contributed by atoms with E-state index in [1.54, 1.807) is 0 Å². The van der Waals surface area contributed by atoms with Crippen molar-refractivity contribution in [3.63, 3.8) is 0 Å². The van der Waals surface area contributed by atoms with Crippen LogP contribution in [-0.2, 0) is 0 Å². The van der Waals surface area contributed by atoms with Crippen LogP contribution in [0.25, 0.3) is 0 Å². The smallest absolute Gasteiger partial charge is 0.405 e. The van der Waals surface area contributed by atoms with E-state index in [1.165, 1.54) is 18.2 Å². The lowest BCUT2D eigenvalue weighted by molar-refractivity contribution is -0.275. The van der Waals surface area contributed by atoms with Gasteiger partial charge in [0.15, 0.2) is 0 Å². The highest BCUT2D eigenvalue weighted by Gasteiger charge is 2.33. The fourth-order valence-electron chi connectivity index (χ4n) is 1.42. The number of para-hydroxylation sites is 1. The van der Waals surface area contributed by atoms with Crippen LogP contribution in [0.5, 0.6) is 5.75 Å². The van der Waals surface area contributed by atoms with Crippen molar-refractivity contribution in [3.8, 4) is 5.75 Å². The van der Waals surface area contributed by atoms with Crippen LogP contribution in [0.1, 0.15) is 18.1 Å². The molecule has 0 saturated carbocycles. The molecular weight excluding hydrogens is 317 g/mol. The minimum absolute atomic E-state index is 0.0942. The number of halogens is 4. The molecule has 2 atom stereocenters. The summed E-state index contributed by atoms with van der Waals surface area (Å²) in [4.78, 5) is 0. The Kier molecular flexibility index (Phi) is 5.43. The first kappa shape index (κ1) is 15.3. The summed E-state index contributed by atoms with van der Waals surface area (Å²) in [5.74, 6) is -0.508. The zero-order valence-corrected chi connectivity index (χ0v) is 10.8. The van der Waals surface area contributed by atoms with Crippen molar-refractivity contribution >= 4 is 15.9 Å². The highest BCUT2D eigenvalue weighted by atomic mass is 79.9. The van der Waals surface area contributed by atoms with Gasteiger partial charge >= 0.3 is 6.36 Å². The number of hydrogen-bond donors (Lipinski definition) is 2.